The van der Waals surface area contributed by atoms with Gasteiger partial charge in [-0.15, -0.1) is 10.2 Å². The third-order valence-electron chi connectivity index (χ3n) is 7.97. The number of nitrogens with one attached hydrogen (secondary N) is 1. The topological polar surface area (TPSA) is 123 Å². The third kappa shape index (κ3) is 7.17. The van der Waals surface area contributed by atoms with Gasteiger partial charge in [-0.25, -0.2) is 0 Å². The van der Waals surface area contributed by atoms with Crippen LogP contribution in [0, 0.1) is 16.0 Å². The van der Waals surface area contributed by atoms with E-state index < -0.39 is 16.9 Å². The molecule has 1 N–H and O–H groups in total. The number of nitrogens with zero attached hydrogens (tertiary/aromatic N) is 5. The quantitative estimate of drug-likeness (QED) is 0.235. The average molecular weight is 557 g/mol. The lowest BCUT2D eigenvalue weighted by atomic mass is 9.88. The van der Waals surface area contributed by atoms with Crippen LogP contribution >= 0.6 is 11.8 Å². The minimum atomic E-state index is -0.520. The van der Waals surface area contributed by atoms with Crippen molar-refractivity contribution >= 4 is 29.3 Å². The van der Waals surface area contributed by atoms with Crippen molar-refractivity contribution in [3.63, 3.8) is 0 Å². The molecule has 1 heterocycles. The van der Waals surface area contributed by atoms with Crippen LogP contribution in [0.5, 0.6) is 0 Å². The zero-order valence-corrected chi connectivity index (χ0v) is 24.0. The number of hydrogen-bond donors (Lipinski definition) is 1. The number of non-ortho nitro benzene ring substituents is 1. The molecule has 2 aliphatic rings. The van der Waals surface area contributed by atoms with E-state index in [4.69, 9.17) is 0 Å². The van der Waals surface area contributed by atoms with Gasteiger partial charge in [-0.3, -0.25) is 19.7 Å². The van der Waals surface area contributed by atoms with Gasteiger partial charge in [0.2, 0.25) is 5.91 Å². The Kier molecular flexibility index (Phi) is 9.99. The summed E-state index contributed by atoms with van der Waals surface area (Å²) in [7, 11) is 1.84. The van der Waals surface area contributed by atoms with Gasteiger partial charge in [0, 0.05) is 36.8 Å². The van der Waals surface area contributed by atoms with Gasteiger partial charge in [0.1, 0.15) is 0 Å². The summed E-state index contributed by atoms with van der Waals surface area (Å²) in [5.41, 5.74) is 0.0731. The molecule has 0 aliphatic heterocycles. The van der Waals surface area contributed by atoms with Gasteiger partial charge in [-0.05, 0) is 37.7 Å². The van der Waals surface area contributed by atoms with Crippen LogP contribution < -0.4 is 5.32 Å². The van der Waals surface area contributed by atoms with E-state index in [1.54, 1.807) is 6.07 Å². The number of carbonyl (C=O) groups is 2. The molecule has 2 aliphatic carbocycles. The van der Waals surface area contributed by atoms with Gasteiger partial charge < -0.3 is 14.8 Å². The summed E-state index contributed by atoms with van der Waals surface area (Å²) in [6.45, 7) is 3.94. The fraction of sp³-hybridized carbons (Fsp3) is 0.643. The highest BCUT2D eigenvalue weighted by Gasteiger charge is 2.33. The second-order valence-corrected chi connectivity index (χ2v) is 12.0. The molecule has 0 saturated heterocycles. The molecular weight excluding hydrogens is 516 g/mol. The Morgan fingerprint density at radius 1 is 1.08 bits per heavy atom. The van der Waals surface area contributed by atoms with Crippen LogP contribution in [0.15, 0.2) is 29.4 Å². The number of amides is 2. The van der Waals surface area contributed by atoms with E-state index in [0.29, 0.717) is 28.8 Å². The molecule has 0 unspecified atom stereocenters. The first kappa shape index (κ1) is 29.0. The molecule has 0 radical (unpaired) electrons. The SMILES string of the molecule is CC(C)[C@@H](NC(=O)c1cccc([N+](=O)[O-])c1)c1nnc(SCC(=O)N(C2CCCCC2)C2CCCCC2)n1C. The van der Waals surface area contributed by atoms with Gasteiger partial charge >= 0.3 is 0 Å². The lowest BCUT2D eigenvalue weighted by Crippen LogP contribution is -2.49. The van der Waals surface area contributed by atoms with Gasteiger partial charge in [-0.1, -0.05) is 70.2 Å². The van der Waals surface area contributed by atoms with E-state index in [9.17, 15) is 19.7 Å². The number of carbonyl (C=O) groups excluding carboxylic acids is 2. The summed E-state index contributed by atoms with van der Waals surface area (Å²) in [6.07, 6.45) is 11.7. The molecule has 2 aromatic rings. The molecule has 39 heavy (non-hydrogen) atoms. The van der Waals surface area contributed by atoms with Crippen LogP contribution in [0.4, 0.5) is 5.69 Å². The Balaban J connectivity index is 1.45. The van der Waals surface area contributed by atoms with Crippen molar-refractivity contribution in [3.05, 3.63) is 45.8 Å². The molecule has 10 nitrogen and oxygen atoms in total. The molecule has 0 spiro atoms. The summed E-state index contributed by atoms with van der Waals surface area (Å²) in [5, 5.41) is 23.5. The Bertz CT molecular complexity index is 1140. The van der Waals surface area contributed by atoms with Gasteiger partial charge in [-0.2, -0.15) is 0 Å². The van der Waals surface area contributed by atoms with E-state index in [1.165, 1.54) is 68.5 Å². The lowest BCUT2D eigenvalue weighted by molar-refractivity contribution is -0.384. The Morgan fingerprint density at radius 2 is 1.69 bits per heavy atom. The number of aromatic nitrogens is 3. The highest BCUT2D eigenvalue weighted by molar-refractivity contribution is 7.99. The molecule has 2 fully saturated rings. The number of benzene rings is 1. The fourth-order valence-electron chi connectivity index (χ4n) is 5.86. The summed E-state index contributed by atoms with van der Waals surface area (Å²) >= 11 is 1.39. The van der Waals surface area contributed by atoms with Crippen LogP contribution in [0.3, 0.4) is 0 Å². The fourth-order valence-corrected chi connectivity index (χ4v) is 6.65. The first-order chi connectivity index (χ1) is 18.8. The average Bonchev–Trinajstić information content (AvgIpc) is 3.31. The van der Waals surface area contributed by atoms with E-state index in [0.717, 1.165) is 25.7 Å². The van der Waals surface area contributed by atoms with Crippen LogP contribution in [0.25, 0.3) is 0 Å². The number of nitro benzene ring substituents is 1. The Labute approximate surface area is 234 Å². The normalized spacial score (nSPS) is 17.6. The minimum Gasteiger partial charge on any atom is -0.342 e. The zero-order chi connectivity index (χ0) is 27.9. The van der Waals surface area contributed by atoms with Crippen molar-refractivity contribution in [2.24, 2.45) is 13.0 Å². The summed E-state index contributed by atoms with van der Waals surface area (Å²) < 4.78 is 1.84. The smallest absolute Gasteiger partial charge is 0.270 e. The van der Waals surface area contributed by atoms with E-state index in [-0.39, 0.29) is 23.1 Å². The molecule has 0 bridgehead atoms. The maximum Gasteiger partial charge on any atom is 0.270 e. The Hall–Kier alpha value is -2.95. The monoisotopic (exact) mass is 556 g/mol. The first-order valence-corrected chi connectivity index (χ1v) is 15.1. The summed E-state index contributed by atoms with van der Waals surface area (Å²) in [5.74, 6) is 0.645. The van der Waals surface area contributed by atoms with Crippen molar-refractivity contribution in [1.29, 1.82) is 0 Å². The Morgan fingerprint density at radius 3 is 2.26 bits per heavy atom. The van der Waals surface area contributed by atoms with Crippen molar-refractivity contribution in [2.75, 3.05) is 5.75 Å². The molecular formula is C28H40N6O4S. The number of rotatable bonds is 10. The zero-order valence-electron chi connectivity index (χ0n) is 23.2. The molecule has 212 valence electrons. The molecule has 11 heteroatoms. The van der Waals surface area contributed by atoms with Crippen LogP contribution in [0.2, 0.25) is 0 Å². The number of nitro groups is 1. The molecule has 1 aromatic heterocycles. The van der Waals surface area contributed by atoms with Gasteiger partial charge in [0.05, 0.1) is 16.7 Å². The molecule has 4 rings (SSSR count). The second-order valence-electron chi connectivity index (χ2n) is 11.1. The van der Waals surface area contributed by atoms with E-state index in [1.807, 2.05) is 25.5 Å². The first-order valence-electron chi connectivity index (χ1n) is 14.1. The third-order valence-corrected chi connectivity index (χ3v) is 8.97. The number of thioether (sulfide) groups is 1. The minimum absolute atomic E-state index is 0.0110. The maximum atomic E-state index is 13.6. The highest BCUT2D eigenvalue weighted by Crippen LogP contribution is 2.32. The second kappa shape index (κ2) is 13.4. The van der Waals surface area contributed by atoms with Crippen LogP contribution in [0.1, 0.15) is 100 Å². The summed E-state index contributed by atoms with van der Waals surface area (Å²) in [6, 6.07) is 5.90. The molecule has 1 aromatic carbocycles. The number of hydrogen-bond acceptors (Lipinski definition) is 7. The van der Waals surface area contributed by atoms with Gasteiger partial charge in [0.25, 0.3) is 11.6 Å². The predicted molar refractivity (Wildman–Crippen MR) is 150 cm³/mol. The highest BCUT2D eigenvalue weighted by atomic mass is 32.2. The predicted octanol–water partition coefficient (Wildman–Crippen LogP) is 5.44. The van der Waals surface area contributed by atoms with E-state index in [2.05, 4.69) is 20.4 Å². The maximum absolute atomic E-state index is 13.6. The van der Waals surface area contributed by atoms with E-state index >= 15 is 0 Å². The largest absolute Gasteiger partial charge is 0.342 e. The molecule has 2 amide bonds. The van der Waals surface area contributed by atoms with Crippen molar-refractivity contribution < 1.29 is 14.5 Å². The standard InChI is InChI=1S/C28H40N6O4S/c1-19(2)25(29-27(36)20-11-10-16-23(17-20)34(37)38)26-30-31-28(32(26)3)39-18-24(35)33(21-12-6-4-7-13-21)22-14-8-5-9-15-22/h10-11,16-17,19,21-22,25H,4-9,12-15,18H2,1-3H3,(H,29,36)/t25-/m1/s1. The lowest BCUT2D eigenvalue weighted by Gasteiger charge is -2.41. The van der Waals surface area contributed by atoms with Crippen molar-refractivity contribution in [3.8, 4) is 0 Å². The van der Waals surface area contributed by atoms with Crippen molar-refractivity contribution in [2.45, 2.75) is 101 Å². The van der Waals surface area contributed by atoms with Crippen LogP contribution in [-0.4, -0.2) is 54.2 Å². The van der Waals surface area contributed by atoms with Crippen LogP contribution in [-0.2, 0) is 11.8 Å². The molecule has 1 atom stereocenters. The molecule has 2 saturated carbocycles. The van der Waals surface area contributed by atoms with Gasteiger partial charge in [0.15, 0.2) is 11.0 Å². The summed E-state index contributed by atoms with van der Waals surface area (Å²) in [4.78, 5) is 39.4. The van der Waals surface area contributed by atoms with Crippen molar-refractivity contribution in [1.82, 2.24) is 25.0 Å².